The molecule has 1 saturated heterocycles. The van der Waals surface area contributed by atoms with E-state index in [1.165, 1.54) is 44.3 Å². The summed E-state index contributed by atoms with van der Waals surface area (Å²) in [6.07, 6.45) is 5.55. The zero-order valence-corrected chi connectivity index (χ0v) is 10.9. The van der Waals surface area contributed by atoms with Crippen LogP contribution in [0.15, 0.2) is 30.3 Å². The van der Waals surface area contributed by atoms with E-state index < -0.39 is 0 Å². The van der Waals surface area contributed by atoms with E-state index in [1.807, 2.05) is 0 Å². The Hall–Kier alpha value is -0.860. The van der Waals surface area contributed by atoms with Crippen molar-refractivity contribution in [3.05, 3.63) is 35.9 Å². The SMILES string of the molecule is CN[C@@H](CN1CCCCCC1)c1ccccc1. The van der Waals surface area contributed by atoms with Gasteiger partial charge in [0.25, 0.3) is 0 Å². The molecular weight excluding hydrogens is 208 g/mol. The number of benzene rings is 1. The summed E-state index contributed by atoms with van der Waals surface area (Å²) in [5, 5.41) is 3.44. The van der Waals surface area contributed by atoms with Crippen LogP contribution in [0.4, 0.5) is 0 Å². The zero-order valence-electron chi connectivity index (χ0n) is 10.9. The summed E-state index contributed by atoms with van der Waals surface area (Å²) in [5.74, 6) is 0. The van der Waals surface area contributed by atoms with Crippen LogP contribution in [0.2, 0.25) is 0 Å². The highest BCUT2D eigenvalue weighted by molar-refractivity contribution is 5.19. The fraction of sp³-hybridized carbons (Fsp3) is 0.600. The fourth-order valence-electron chi connectivity index (χ4n) is 2.63. The summed E-state index contributed by atoms with van der Waals surface area (Å²) in [6.45, 7) is 3.68. The predicted molar refractivity (Wildman–Crippen MR) is 73.2 cm³/mol. The van der Waals surface area contributed by atoms with E-state index in [4.69, 9.17) is 0 Å². The van der Waals surface area contributed by atoms with Crippen molar-refractivity contribution >= 4 is 0 Å². The van der Waals surface area contributed by atoms with Crippen molar-refractivity contribution in [1.29, 1.82) is 0 Å². The summed E-state index contributed by atoms with van der Waals surface area (Å²) in [4.78, 5) is 2.61. The van der Waals surface area contributed by atoms with Crippen molar-refractivity contribution in [3.63, 3.8) is 0 Å². The van der Waals surface area contributed by atoms with Crippen molar-refractivity contribution in [1.82, 2.24) is 10.2 Å². The molecule has 1 aliphatic heterocycles. The van der Waals surface area contributed by atoms with Crippen LogP contribution in [0.25, 0.3) is 0 Å². The summed E-state index contributed by atoms with van der Waals surface area (Å²) in [6, 6.07) is 11.2. The standard InChI is InChI=1S/C15H24N2/c1-16-15(14-9-5-4-6-10-14)13-17-11-7-2-3-8-12-17/h4-6,9-10,15-16H,2-3,7-8,11-13H2,1H3/t15-/m0/s1. The Morgan fingerprint density at radius 1 is 1.06 bits per heavy atom. The second kappa shape index (κ2) is 6.77. The second-order valence-corrected chi connectivity index (χ2v) is 4.97. The molecule has 2 rings (SSSR count). The maximum absolute atomic E-state index is 3.44. The number of likely N-dealkylation sites (N-methyl/N-ethyl adjacent to an activating group) is 1. The van der Waals surface area contributed by atoms with Gasteiger partial charge in [-0.05, 0) is 38.5 Å². The molecule has 0 amide bonds. The molecule has 2 nitrogen and oxygen atoms in total. The van der Waals surface area contributed by atoms with Gasteiger partial charge >= 0.3 is 0 Å². The molecule has 0 aliphatic carbocycles. The molecule has 1 atom stereocenters. The molecule has 2 heteroatoms. The number of hydrogen-bond donors (Lipinski definition) is 1. The average molecular weight is 232 g/mol. The van der Waals surface area contributed by atoms with Crippen molar-refractivity contribution in [3.8, 4) is 0 Å². The molecule has 0 spiro atoms. The molecule has 17 heavy (non-hydrogen) atoms. The van der Waals surface area contributed by atoms with Crippen molar-refractivity contribution in [2.45, 2.75) is 31.7 Å². The number of nitrogens with one attached hydrogen (secondary N) is 1. The lowest BCUT2D eigenvalue weighted by atomic mass is 10.1. The Bertz CT molecular complexity index is 302. The predicted octanol–water partition coefficient (Wildman–Crippen LogP) is 2.82. The van der Waals surface area contributed by atoms with E-state index in [2.05, 4.69) is 47.6 Å². The highest BCUT2D eigenvalue weighted by Crippen LogP contribution is 2.16. The molecule has 94 valence electrons. The Balaban J connectivity index is 1.94. The van der Waals surface area contributed by atoms with E-state index in [0.29, 0.717) is 6.04 Å². The third-order valence-electron chi connectivity index (χ3n) is 3.69. The molecule has 0 radical (unpaired) electrons. The molecule has 0 saturated carbocycles. The molecule has 1 aromatic rings. The van der Waals surface area contributed by atoms with Gasteiger partial charge in [0.1, 0.15) is 0 Å². The molecule has 0 bridgehead atoms. The Labute approximate surface area is 105 Å². The third kappa shape index (κ3) is 3.83. The Morgan fingerprint density at radius 3 is 2.29 bits per heavy atom. The largest absolute Gasteiger partial charge is 0.312 e. The van der Waals surface area contributed by atoms with Gasteiger partial charge in [0.2, 0.25) is 0 Å². The molecule has 1 heterocycles. The van der Waals surface area contributed by atoms with Crippen LogP contribution in [0.1, 0.15) is 37.3 Å². The maximum Gasteiger partial charge on any atom is 0.0446 e. The molecule has 1 fully saturated rings. The van der Waals surface area contributed by atoms with Gasteiger partial charge in [0.15, 0.2) is 0 Å². The second-order valence-electron chi connectivity index (χ2n) is 4.97. The van der Waals surface area contributed by atoms with E-state index in [9.17, 15) is 0 Å². The molecule has 1 N–H and O–H groups in total. The van der Waals surface area contributed by atoms with E-state index in [0.717, 1.165) is 6.54 Å². The first-order valence-corrected chi connectivity index (χ1v) is 6.84. The van der Waals surface area contributed by atoms with Gasteiger partial charge < -0.3 is 10.2 Å². The topological polar surface area (TPSA) is 15.3 Å². The number of rotatable bonds is 4. The quantitative estimate of drug-likeness (QED) is 0.858. The average Bonchev–Trinajstić information content (AvgIpc) is 2.65. The van der Waals surface area contributed by atoms with Gasteiger partial charge in [-0.3, -0.25) is 0 Å². The van der Waals surface area contributed by atoms with Crippen LogP contribution in [0.5, 0.6) is 0 Å². The third-order valence-corrected chi connectivity index (χ3v) is 3.69. The van der Waals surface area contributed by atoms with Gasteiger partial charge in [0, 0.05) is 12.6 Å². The number of nitrogens with zero attached hydrogens (tertiary/aromatic N) is 1. The summed E-state index contributed by atoms with van der Waals surface area (Å²) >= 11 is 0. The fourth-order valence-corrected chi connectivity index (χ4v) is 2.63. The minimum atomic E-state index is 0.467. The zero-order chi connectivity index (χ0) is 11.9. The van der Waals surface area contributed by atoms with E-state index in [1.54, 1.807) is 0 Å². The minimum absolute atomic E-state index is 0.467. The van der Waals surface area contributed by atoms with Gasteiger partial charge in [-0.2, -0.15) is 0 Å². The van der Waals surface area contributed by atoms with E-state index >= 15 is 0 Å². The minimum Gasteiger partial charge on any atom is -0.312 e. The van der Waals surface area contributed by atoms with Crippen molar-refractivity contribution in [2.24, 2.45) is 0 Å². The lowest BCUT2D eigenvalue weighted by molar-refractivity contribution is 0.255. The Morgan fingerprint density at radius 2 is 1.71 bits per heavy atom. The molecular formula is C15H24N2. The van der Waals surface area contributed by atoms with Crippen LogP contribution >= 0.6 is 0 Å². The summed E-state index contributed by atoms with van der Waals surface area (Å²) in [5.41, 5.74) is 1.40. The van der Waals surface area contributed by atoms with Crippen molar-refractivity contribution < 1.29 is 0 Å². The number of likely N-dealkylation sites (tertiary alicyclic amines) is 1. The highest BCUT2D eigenvalue weighted by atomic mass is 15.1. The van der Waals surface area contributed by atoms with Crippen LogP contribution in [0.3, 0.4) is 0 Å². The van der Waals surface area contributed by atoms with Crippen LogP contribution in [-0.4, -0.2) is 31.6 Å². The first-order chi connectivity index (χ1) is 8.40. The lowest BCUT2D eigenvalue weighted by Gasteiger charge is -2.26. The lowest BCUT2D eigenvalue weighted by Crippen LogP contribution is -2.34. The van der Waals surface area contributed by atoms with Gasteiger partial charge in [-0.1, -0.05) is 43.2 Å². The Kier molecular flexibility index (Phi) is 5.02. The van der Waals surface area contributed by atoms with E-state index in [-0.39, 0.29) is 0 Å². The van der Waals surface area contributed by atoms with Crippen LogP contribution in [-0.2, 0) is 0 Å². The first kappa shape index (κ1) is 12.6. The van der Waals surface area contributed by atoms with Crippen LogP contribution in [0, 0.1) is 0 Å². The normalized spacial score (nSPS) is 19.8. The molecule has 0 unspecified atom stereocenters. The van der Waals surface area contributed by atoms with Crippen molar-refractivity contribution in [2.75, 3.05) is 26.7 Å². The smallest absolute Gasteiger partial charge is 0.0446 e. The molecule has 1 aromatic carbocycles. The van der Waals surface area contributed by atoms with Gasteiger partial charge in [-0.25, -0.2) is 0 Å². The monoisotopic (exact) mass is 232 g/mol. The summed E-state index contributed by atoms with van der Waals surface area (Å²) in [7, 11) is 2.06. The van der Waals surface area contributed by atoms with Crippen LogP contribution < -0.4 is 5.32 Å². The highest BCUT2D eigenvalue weighted by Gasteiger charge is 2.15. The molecule has 1 aliphatic rings. The van der Waals surface area contributed by atoms with Gasteiger partial charge in [0.05, 0.1) is 0 Å². The summed E-state index contributed by atoms with van der Waals surface area (Å²) < 4.78 is 0. The van der Waals surface area contributed by atoms with Gasteiger partial charge in [-0.15, -0.1) is 0 Å². The number of hydrogen-bond acceptors (Lipinski definition) is 2. The molecule has 0 aromatic heterocycles. The first-order valence-electron chi connectivity index (χ1n) is 6.84. The maximum atomic E-state index is 3.44.